The fourth-order valence-electron chi connectivity index (χ4n) is 1.51. The quantitative estimate of drug-likeness (QED) is 0.820. The average molecular weight is 352 g/mol. The number of anilines is 2. The van der Waals surface area contributed by atoms with Crippen molar-refractivity contribution in [2.75, 3.05) is 10.5 Å². The maximum absolute atomic E-state index is 12.2. The largest absolute Gasteiger partial charge is 0.399 e. The third-order valence-electron chi connectivity index (χ3n) is 2.38. The molecule has 0 aliphatic carbocycles. The van der Waals surface area contributed by atoms with Crippen molar-refractivity contribution in [3.05, 3.63) is 51.5 Å². The fourth-order valence-corrected chi connectivity index (χ4v) is 3.53. The molecule has 0 aliphatic heterocycles. The van der Waals surface area contributed by atoms with Crippen molar-refractivity contribution in [3.63, 3.8) is 0 Å². The lowest BCUT2D eigenvalue weighted by Gasteiger charge is -2.11. The highest BCUT2D eigenvalue weighted by molar-refractivity contribution is 7.92. The van der Waals surface area contributed by atoms with Crippen molar-refractivity contribution in [1.29, 1.82) is 0 Å². The first-order valence-electron chi connectivity index (χ1n) is 5.32. The van der Waals surface area contributed by atoms with Crippen molar-refractivity contribution >= 4 is 56.2 Å². The molecule has 0 saturated carbocycles. The lowest BCUT2D eigenvalue weighted by Crippen LogP contribution is -2.13. The van der Waals surface area contributed by atoms with E-state index in [-0.39, 0.29) is 25.7 Å². The van der Waals surface area contributed by atoms with Crippen LogP contribution in [0.3, 0.4) is 0 Å². The predicted octanol–water partition coefficient (Wildman–Crippen LogP) is 4.03. The van der Waals surface area contributed by atoms with Crippen LogP contribution in [0, 0.1) is 0 Å². The molecule has 2 rings (SSSR count). The molecular weight excluding hydrogens is 343 g/mol. The van der Waals surface area contributed by atoms with Crippen molar-refractivity contribution in [2.24, 2.45) is 0 Å². The summed E-state index contributed by atoms with van der Waals surface area (Å²) in [5.41, 5.74) is 6.17. The molecule has 0 saturated heterocycles. The second-order valence-electron chi connectivity index (χ2n) is 3.95. The van der Waals surface area contributed by atoms with Crippen molar-refractivity contribution in [2.45, 2.75) is 4.90 Å². The van der Waals surface area contributed by atoms with Gasteiger partial charge in [0.15, 0.2) is 0 Å². The number of nitrogens with two attached hydrogens (primary N) is 1. The Morgan fingerprint density at radius 1 is 0.950 bits per heavy atom. The molecule has 0 fully saturated rings. The minimum atomic E-state index is -3.86. The van der Waals surface area contributed by atoms with Gasteiger partial charge in [-0.2, -0.15) is 0 Å². The maximum atomic E-state index is 12.2. The van der Waals surface area contributed by atoms with E-state index in [1.165, 1.54) is 30.3 Å². The first-order valence-corrected chi connectivity index (χ1v) is 7.93. The summed E-state index contributed by atoms with van der Waals surface area (Å²) in [6, 6.07) is 8.50. The summed E-state index contributed by atoms with van der Waals surface area (Å²) in [7, 11) is -3.86. The molecule has 20 heavy (non-hydrogen) atoms. The van der Waals surface area contributed by atoms with Crippen LogP contribution in [0.25, 0.3) is 0 Å². The molecule has 3 N–H and O–H groups in total. The van der Waals surface area contributed by atoms with E-state index in [4.69, 9.17) is 40.5 Å². The smallest absolute Gasteiger partial charge is 0.262 e. The van der Waals surface area contributed by atoms with Crippen LogP contribution in [0.2, 0.25) is 15.1 Å². The van der Waals surface area contributed by atoms with E-state index in [1.807, 2.05) is 0 Å². The van der Waals surface area contributed by atoms with Gasteiger partial charge in [-0.05, 0) is 36.4 Å². The normalized spacial score (nSPS) is 11.3. The van der Waals surface area contributed by atoms with E-state index in [0.29, 0.717) is 5.69 Å². The molecule has 2 aromatic carbocycles. The molecule has 0 aliphatic rings. The van der Waals surface area contributed by atoms with E-state index >= 15 is 0 Å². The van der Waals surface area contributed by atoms with E-state index in [1.54, 1.807) is 6.07 Å². The van der Waals surface area contributed by atoms with Gasteiger partial charge in [0.1, 0.15) is 0 Å². The van der Waals surface area contributed by atoms with Gasteiger partial charge >= 0.3 is 0 Å². The Kier molecular flexibility index (Phi) is 4.34. The molecule has 0 heterocycles. The van der Waals surface area contributed by atoms with Gasteiger partial charge in [-0.1, -0.05) is 34.8 Å². The molecule has 106 valence electrons. The number of nitrogen functional groups attached to an aromatic ring is 1. The molecule has 0 unspecified atom stereocenters. The Morgan fingerprint density at radius 3 is 2.15 bits per heavy atom. The molecule has 2 aromatic rings. The molecule has 0 atom stereocenters. The molecule has 8 heteroatoms. The van der Waals surface area contributed by atoms with Gasteiger partial charge < -0.3 is 5.73 Å². The maximum Gasteiger partial charge on any atom is 0.262 e. The van der Waals surface area contributed by atoms with Gasteiger partial charge in [0.25, 0.3) is 10.0 Å². The van der Waals surface area contributed by atoms with Gasteiger partial charge in [-0.25, -0.2) is 8.42 Å². The Labute approximate surface area is 131 Å². The summed E-state index contributed by atoms with van der Waals surface area (Å²) < 4.78 is 26.8. The summed E-state index contributed by atoms with van der Waals surface area (Å²) in [6.45, 7) is 0. The topological polar surface area (TPSA) is 72.2 Å². The van der Waals surface area contributed by atoms with Gasteiger partial charge in [-0.15, -0.1) is 0 Å². The van der Waals surface area contributed by atoms with Crippen LogP contribution >= 0.6 is 34.8 Å². The first kappa shape index (κ1) is 15.3. The Balaban J connectivity index is 2.43. The van der Waals surface area contributed by atoms with E-state index in [2.05, 4.69) is 4.72 Å². The summed E-state index contributed by atoms with van der Waals surface area (Å²) in [5, 5.41) is 0.670. The highest BCUT2D eigenvalue weighted by Gasteiger charge is 2.17. The lowest BCUT2D eigenvalue weighted by molar-refractivity contribution is 0.601. The van der Waals surface area contributed by atoms with Gasteiger partial charge in [0.05, 0.1) is 15.6 Å². The minimum Gasteiger partial charge on any atom is -0.399 e. The van der Waals surface area contributed by atoms with Crippen LogP contribution in [0.5, 0.6) is 0 Å². The zero-order chi connectivity index (χ0) is 14.9. The average Bonchev–Trinajstić information content (AvgIpc) is 2.32. The number of hydrogen-bond donors (Lipinski definition) is 2. The summed E-state index contributed by atoms with van der Waals surface area (Å²) in [4.78, 5) is -0.0616. The third kappa shape index (κ3) is 3.49. The van der Waals surface area contributed by atoms with E-state index < -0.39 is 10.0 Å². The molecule has 0 amide bonds. The van der Waals surface area contributed by atoms with Crippen molar-refractivity contribution < 1.29 is 8.42 Å². The number of halogens is 3. The number of nitrogens with one attached hydrogen (secondary N) is 1. The van der Waals surface area contributed by atoms with Gasteiger partial charge in [-0.3, -0.25) is 4.72 Å². The van der Waals surface area contributed by atoms with E-state index in [9.17, 15) is 8.42 Å². The van der Waals surface area contributed by atoms with Crippen LogP contribution in [-0.4, -0.2) is 8.42 Å². The Morgan fingerprint density at radius 2 is 1.55 bits per heavy atom. The van der Waals surface area contributed by atoms with Crippen LogP contribution in [0.1, 0.15) is 0 Å². The highest BCUT2D eigenvalue weighted by atomic mass is 35.5. The Bertz CT molecular complexity index is 743. The monoisotopic (exact) mass is 350 g/mol. The molecule has 0 bridgehead atoms. The molecule has 4 nitrogen and oxygen atoms in total. The third-order valence-corrected chi connectivity index (χ3v) is 4.49. The molecule has 0 spiro atoms. The fraction of sp³-hybridized carbons (Fsp3) is 0. The van der Waals surface area contributed by atoms with Crippen LogP contribution in [-0.2, 0) is 10.0 Å². The number of sulfonamides is 1. The van der Waals surface area contributed by atoms with Crippen LogP contribution < -0.4 is 10.5 Å². The van der Waals surface area contributed by atoms with E-state index in [0.717, 1.165) is 0 Å². The van der Waals surface area contributed by atoms with Crippen molar-refractivity contribution in [1.82, 2.24) is 0 Å². The highest BCUT2D eigenvalue weighted by Crippen LogP contribution is 2.28. The standard InChI is InChI=1S/C12H9Cl3N2O2S/c13-7-3-8(14)5-10(4-7)20(18,19)17-12-6-9(16)1-2-11(12)15/h1-6,17H,16H2. The van der Waals surface area contributed by atoms with Gasteiger partial charge in [0.2, 0.25) is 0 Å². The second-order valence-corrected chi connectivity index (χ2v) is 6.91. The molecular formula is C12H9Cl3N2O2S. The SMILES string of the molecule is Nc1ccc(Cl)c(NS(=O)(=O)c2cc(Cl)cc(Cl)c2)c1. The van der Waals surface area contributed by atoms with Crippen LogP contribution in [0.15, 0.2) is 41.3 Å². The summed E-state index contributed by atoms with van der Waals surface area (Å²) in [5.74, 6) is 0. The minimum absolute atomic E-state index is 0.0616. The summed E-state index contributed by atoms with van der Waals surface area (Å²) >= 11 is 17.5. The first-order chi connectivity index (χ1) is 9.28. The van der Waals surface area contributed by atoms with Gasteiger partial charge in [0, 0.05) is 15.7 Å². The number of hydrogen-bond acceptors (Lipinski definition) is 3. The molecule has 0 radical (unpaired) electrons. The summed E-state index contributed by atoms with van der Waals surface area (Å²) in [6.07, 6.45) is 0. The number of rotatable bonds is 3. The zero-order valence-electron chi connectivity index (χ0n) is 9.90. The second kappa shape index (κ2) is 5.69. The zero-order valence-corrected chi connectivity index (χ0v) is 13.0. The van der Waals surface area contributed by atoms with Crippen molar-refractivity contribution in [3.8, 4) is 0 Å². The predicted molar refractivity (Wildman–Crippen MR) is 83.1 cm³/mol. The lowest BCUT2D eigenvalue weighted by atomic mass is 10.3. The van der Waals surface area contributed by atoms with Crippen LogP contribution in [0.4, 0.5) is 11.4 Å². The Hall–Kier alpha value is -1.14. The number of benzene rings is 2. The molecule has 0 aromatic heterocycles.